The Kier molecular flexibility index (Phi) is 4.29. The predicted octanol–water partition coefficient (Wildman–Crippen LogP) is 4.42. The van der Waals surface area contributed by atoms with Crippen LogP contribution in [-0.2, 0) is 9.53 Å². The Labute approximate surface area is 147 Å². The molecule has 9 heteroatoms. The molecule has 0 fully saturated rings. The second-order valence-electron chi connectivity index (χ2n) is 4.43. The minimum atomic E-state index is -0.609. The molecule has 6 nitrogen and oxygen atoms in total. The van der Waals surface area contributed by atoms with E-state index in [2.05, 4.69) is 20.9 Å². The standard InChI is InChI=1S/C14H6BrClN2O4S/c15-8-4-9(23-6-8)5-11-14(19)22-13(17-11)7-1-2-10(16)12(3-7)18(20)21/h1-6H/b11-5-. The van der Waals surface area contributed by atoms with E-state index in [9.17, 15) is 14.9 Å². The molecule has 1 aliphatic rings. The Morgan fingerprint density at radius 2 is 2.17 bits per heavy atom. The van der Waals surface area contributed by atoms with Crippen molar-refractivity contribution >= 4 is 62.5 Å². The van der Waals surface area contributed by atoms with E-state index in [-0.39, 0.29) is 22.3 Å². The predicted molar refractivity (Wildman–Crippen MR) is 90.7 cm³/mol. The zero-order chi connectivity index (χ0) is 16.6. The molecule has 3 rings (SSSR count). The number of hydrogen-bond acceptors (Lipinski definition) is 6. The molecule has 1 aromatic carbocycles. The molecular formula is C14H6BrClN2O4S. The van der Waals surface area contributed by atoms with Gasteiger partial charge in [0.2, 0.25) is 5.90 Å². The number of rotatable bonds is 3. The van der Waals surface area contributed by atoms with Crippen LogP contribution < -0.4 is 0 Å². The molecule has 0 unspecified atom stereocenters. The van der Waals surface area contributed by atoms with E-state index in [1.807, 2.05) is 11.4 Å². The summed E-state index contributed by atoms with van der Waals surface area (Å²) in [6, 6.07) is 5.93. The molecule has 1 aliphatic heterocycles. The van der Waals surface area contributed by atoms with Crippen LogP contribution in [-0.4, -0.2) is 16.8 Å². The molecule has 116 valence electrons. The summed E-state index contributed by atoms with van der Waals surface area (Å²) < 4.78 is 5.98. The Hall–Kier alpha value is -2.03. The fourth-order valence-corrected chi connectivity index (χ4v) is 3.41. The van der Waals surface area contributed by atoms with Crippen molar-refractivity contribution in [3.63, 3.8) is 0 Å². The molecule has 0 atom stereocenters. The summed E-state index contributed by atoms with van der Waals surface area (Å²) in [5.41, 5.74) is 0.166. The number of nitro benzene ring substituents is 1. The van der Waals surface area contributed by atoms with Crippen LogP contribution in [0.3, 0.4) is 0 Å². The third-order valence-corrected chi connectivity index (χ3v) is 4.84. The van der Waals surface area contributed by atoms with Crippen LogP contribution in [0.5, 0.6) is 0 Å². The Bertz CT molecular complexity index is 891. The van der Waals surface area contributed by atoms with Gasteiger partial charge in [0.15, 0.2) is 5.70 Å². The lowest BCUT2D eigenvalue weighted by Gasteiger charge is -2.00. The first-order valence-electron chi connectivity index (χ1n) is 6.15. The second-order valence-corrected chi connectivity index (χ2v) is 6.69. The van der Waals surface area contributed by atoms with Gasteiger partial charge in [-0.25, -0.2) is 9.79 Å². The van der Waals surface area contributed by atoms with Crippen molar-refractivity contribution in [2.24, 2.45) is 4.99 Å². The van der Waals surface area contributed by atoms with Crippen LogP contribution in [0.1, 0.15) is 10.4 Å². The van der Waals surface area contributed by atoms with Gasteiger partial charge in [-0.15, -0.1) is 11.3 Å². The Morgan fingerprint density at radius 3 is 2.83 bits per heavy atom. The molecule has 0 radical (unpaired) electrons. The summed E-state index contributed by atoms with van der Waals surface area (Å²) in [7, 11) is 0. The van der Waals surface area contributed by atoms with E-state index in [0.717, 1.165) is 9.35 Å². The van der Waals surface area contributed by atoms with Crippen molar-refractivity contribution in [3.8, 4) is 0 Å². The van der Waals surface area contributed by atoms with E-state index >= 15 is 0 Å². The lowest BCUT2D eigenvalue weighted by Crippen LogP contribution is -2.06. The summed E-state index contributed by atoms with van der Waals surface area (Å²) in [6.45, 7) is 0. The minimum absolute atomic E-state index is 0.00266. The first-order chi connectivity index (χ1) is 10.9. The van der Waals surface area contributed by atoms with Crippen LogP contribution in [0.15, 0.2) is 44.8 Å². The number of benzene rings is 1. The number of nitrogens with zero attached hydrogens (tertiary/aromatic N) is 2. The number of carbonyl (C=O) groups excluding carboxylic acids is 1. The quantitative estimate of drug-likeness (QED) is 0.323. The molecule has 2 aromatic rings. The number of aliphatic imine (C=N–C) groups is 1. The van der Waals surface area contributed by atoms with E-state index in [0.29, 0.717) is 5.56 Å². The highest BCUT2D eigenvalue weighted by molar-refractivity contribution is 9.10. The molecule has 0 aliphatic carbocycles. The number of esters is 1. The molecule has 0 saturated carbocycles. The Balaban J connectivity index is 1.97. The van der Waals surface area contributed by atoms with Gasteiger partial charge < -0.3 is 4.74 Å². The second kappa shape index (κ2) is 6.23. The molecule has 0 saturated heterocycles. The maximum atomic E-state index is 11.9. The van der Waals surface area contributed by atoms with Crippen LogP contribution in [0.2, 0.25) is 5.02 Å². The van der Waals surface area contributed by atoms with E-state index in [1.54, 1.807) is 6.08 Å². The molecule has 2 heterocycles. The fraction of sp³-hybridized carbons (Fsp3) is 0. The highest BCUT2D eigenvalue weighted by atomic mass is 79.9. The van der Waals surface area contributed by atoms with Crippen molar-refractivity contribution in [1.29, 1.82) is 0 Å². The molecule has 0 bridgehead atoms. The molecule has 0 N–H and O–H groups in total. The van der Waals surface area contributed by atoms with Crippen molar-refractivity contribution in [2.75, 3.05) is 0 Å². The van der Waals surface area contributed by atoms with Crippen molar-refractivity contribution in [1.82, 2.24) is 0 Å². The third-order valence-electron chi connectivity index (χ3n) is 2.88. The van der Waals surface area contributed by atoms with Gasteiger partial charge in [-0.05, 0) is 40.2 Å². The minimum Gasteiger partial charge on any atom is -0.402 e. The lowest BCUT2D eigenvalue weighted by atomic mass is 10.2. The largest absolute Gasteiger partial charge is 0.402 e. The third kappa shape index (κ3) is 3.34. The molecule has 0 amide bonds. The lowest BCUT2D eigenvalue weighted by molar-refractivity contribution is -0.384. The van der Waals surface area contributed by atoms with Crippen LogP contribution in [0.4, 0.5) is 5.69 Å². The highest BCUT2D eigenvalue weighted by Crippen LogP contribution is 2.28. The molecule has 1 aromatic heterocycles. The van der Waals surface area contributed by atoms with Gasteiger partial charge in [0, 0.05) is 26.4 Å². The molecule has 0 spiro atoms. The smallest absolute Gasteiger partial charge is 0.363 e. The Morgan fingerprint density at radius 1 is 1.39 bits per heavy atom. The number of thiophene rings is 1. The molecule has 23 heavy (non-hydrogen) atoms. The zero-order valence-electron chi connectivity index (χ0n) is 11.2. The van der Waals surface area contributed by atoms with E-state index < -0.39 is 10.9 Å². The molecular weight excluding hydrogens is 408 g/mol. The summed E-state index contributed by atoms with van der Waals surface area (Å²) in [5, 5.41) is 12.8. The van der Waals surface area contributed by atoms with Gasteiger partial charge in [0.1, 0.15) is 5.02 Å². The summed E-state index contributed by atoms with van der Waals surface area (Å²) >= 11 is 10.5. The van der Waals surface area contributed by atoms with Crippen molar-refractivity contribution in [3.05, 3.63) is 65.4 Å². The SMILES string of the molecule is O=C1OC(c2ccc(Cl)c([N+](=O)[O-])c2)=N/C1=C\c1cc(Br)cs1. The van der Waals surface area contributed by atoms with Crippen LogP contribution in [0.25, 0.3) is 6.08 Å². The average Bonchev–Trinajstić information content (AvgIpc) is 3.06. The van der Waals surface area contributed by atoms with E-state index in [1.165, 1.54) is 29.5 Å². The highest BCUT2D eigenvalue weighted by Gasteiger charge is 2.26. The maximum Gasteiger partial charge on any atom is 0.363 e. The van der Waals surface area contributed by atoms with E-state index in [4.69, 9.17) is 16.3 Å². The number of halogens is 2. The van der Waals surface area contributed by atoms with Crippen molar-refractivity contribution in [2.45, 2.75) is 0 Å². The van der Waals surface area contributed by atoms with Crippen LogP contribution in [0, 0.1) is 10.1 Å². The number of carbonyl (C=O) groups is 1. The first-order valence-corrected chi connectivity index (χ1v) is 8.20. The first kappa shape index (κ1) is 15.9. The number of hydrogen-bond donors (Lipinski definition) is 0. The zero-order valence-corrected chi connectivity index (χ0v) is 14.3. The topological polar surface area (TPSA) is 81.8 Å². The van der Waals surface area contributed by atoms with Crippen LogP contribution >= 0.6 is 38.9 Å². The number of nitro groups is 1. The summed E-state index contributed by atoms with van der Waals surface area (Å²) in [6.07, 6.45) is 1.59. The number of cyclic esters (lactones) is 1. The monoisotopic (exact) mass is 412 g/mol. The van der Waals surface area contributed by atoms with Gasteiger partial charge in [-0.1, -0.05) is 11.6 Å². The van der Waals surface area contributed by atoms with Gasteiger partial charge in [-0.2, -0.15) is 0 Å². The average molecular weight is 414 g/mol. The van der Waals surface area contributed by atoms with Gasteiger partial charge in [-0.3, -0.25) is 10.1 Å². The normalized spacial score (nSPS) is 15.7. The summed E-state index contributed by atoms with van der Waals surface area (Å²) in [5.74, 6) is -0.598. The fourth-order valence-electron chi connectivity index (χ4n) is 1.86. The summed E-state index contributed by atoms with van der Waals surface area (Å²) in [4.78, 5) is 27.1. The van der Waals surface area contributed by atoms with Gasteiger partial charge >= 0.3 is 5.97 Å². The van der Waals surface area contributed by atoms with Gasteiger partial charge in [0.25, 0.3) is 5.69 Å². The van der Waals surface area contributed by atoms with Crippen molar-refractivity contribution < 1.29 is 14.5 Å². The van der Waals surface area contributed by atoms with Gasteiger partial charge in [0.05, 0.1) is 4.92 Å². The maximum absolute atomic E-state index is 11.9. The number of ether oxygens (including phenoxy) is 1.